The number of ether oxygens (including phenoxy) is 2. The maximum Gasteiger partial charge on any atom is 0.408 e. The lowest BCUT2D eigenvalue weighted by molar-refractivity contribution is -0.164. The van der Waals surface area contributed by atoms with Gasteiger partial charge in [0.25, 0.3) is 17.4 Å². The number of hydrogen-bond acceptors (Lipinski definition) is 10. The highest BCUT2D eigenvalue weighted by Gasteiger charge is 2.67. The van der Waals surface area contributed by atoms with Crippen molar-refractivity contribution in [1.82, 2.24) is 30.4 Å². The number of carbonyl (C=O) groups excluding carboxylic acids is 5. The number of anilines is 1. The summed E-state index contributed by atoms with van der Waals surface area (Å²) in [6.45, 7) is 9.20. The normalized spacial score (nSPS) is 20.1. The van der Waals surface area contributed by atoms with Gasteiger partial charge in [-0.05, 0) is 100 Å². The van der Waals surface area contributed by atoms with Crippen molar-refractivity contribution < 1.29 is 38.6 Å². The van der Waals surface area contributed by atoms with Crippen molar-refractivity contribution in [2.45, 2.75) is 109 Å². The number of para-hydroxylation sites is 3. The number of amides is 5. The first-order valence-electron chi connectivity index (χ1n) is 22.4. The Morgan fingerprint density at radius 3 is 2.29 bits per heavy atom. The van der Waals surface area contributed by atoms with E-state index in [1.54, 1.807) is 93.6 Å². The number of hydrogen-bond donors (Lipinski definition) is 4. The summed E-state index contributed by atoms with van der Waals surface area (Å²) in [5, 5.41) is 22.5. The monoisotopic (exact) mass is 897 g/mol. The van der Waals surface area contributed by atoms with E-state index in [1.165, 1.54) is 14.4 Å². The van der Waals surface area contributed by atoms with Gasteiger partial charge in [0.2, 0.25) is 11.8 Å². The van der Waals surface area contributed by atoms with Crippen LogP contribution in [0, 0.1) is 5.92 Å². The zero-order valence-electron chi connectivity index (χ0n) is 37.7. The number of fused-ring (bicyclic) bond motifs is 7. The molecule has 1 aromatic heterocycles. The summed E-state index contributed by atoms with van der Waals surface area (Å²) in [4.78, 5) is 92.3. The Balaban J connectivity index is 1.15. The largest absolute Gasteiger partial charge is 0.445 e. The van der Waals surface area contributed by atoms with Crippen LogP contribution in [0.4, 0.5) is 15.3 Å². The Hall–Kier alpha value is -7.07. The number of nitrogens with zero attached hydrogens (tertiary/aromatic N) is 4. The quantitative estimate of drug-likeness (QED) is 0.0936. The smallest absolute Gasteiger partial charge is 0.408 e. The number of carbonyl (C=O) groups is 5. The SMILES string of the molecule is CC(C)CC1C(=O)N2c3ccccc3[C@@H](CC3NC(=O)c4ccccc4-n4c3nc3ccccc3c4=O)C2(O)N1C(=O)C(CCCCNC(=O)OCc1ccccc1)NC(=O)OC(C)(C)C. The molecule has 4 N–H and O–H groups in total. The molecule has 0 bridgehead atoms. The van der Waals surface area contributed by atoms with E-state index >= 15 is 4.79 Å². The summed E-state index contributed by atoms with van der Waals surface area (Å²) in [6, 6.07) is 26.4. The number of nitrogens with one attached hydrogen (secondary N) is 3. The second-order valence-corrected chi connectivity index (χ2v) is 18.4. The van der Waals surface area contributed by atoms with E-state index in [9.17, 15) is 29.1 Å². The molecular formula is C50H55N7O9. The number of unbranched alkanes of at least 4 members (excludes halogenated alkanes) is 1. The lowest BCUT2D eigenvalue weighted by Crippen LogP contribution is -2.62. The van der Waals surface area contributed by atoms with Crippen LogP contribution in [0.5, 0.6) is 0 Å². The van der Waals surface area contributed by atoms with Crippen LogP contribution < -0.4 is 26.4 Å². The average Bonchev–Trinajstić information content (AvgIpc) is 3.60. The third-order valence-corrected chi connectivity index (χ3v) is 12.1. The maximum atomic E-state index is 15.5. The van der Waals surface area contributed by atoms with Crippen molar-refractivity contribution in [3.63, 3.8) is 0 Å². The van der Waals surface area contributed by atoms with Crippen LogP contribution >= 0.6 is 0 Å². The number of rotatable bonds is 13. The topological polar surface area (TPSA) is 201 Å². The molecule has 4 heterocycles. The van der Waals surface area contributed by atoms with Crippen molar-refractivity contribution >= 4 is 46.5 Å². The van der Waals surface area contributed by atoms with Crippen LogP contribution in [0.25, 0.3) is 16.6 Å². The Morgan fingerprint density at radius 2 is 1.55 bits per heavy atom. The van der Waals surface area contributed by atoms with Crippen LogP contribution in [-0.4, -0.2) is 79.5 Å². The lowest BCUT2D eigenvalue weighted by atomic mass is 9.87. The predicted octanol–water partition coefficient (Wildman–Crippen LogP) is 6.58. The van der Waals surface area contributed by atoms with Gasteiger partial charge in [-0.2, -0.15) is 0 Å². The highest BCUT2D eigenvalue weighted by Crippen LogP contribution is 2.56. The molecule has 16 heteroatoms. The molecular weight excluding hydrogens is 843 g/mol. The second kappa shape index (κ2) is 18.4. The summed E-state index contributed by atoms with van der Waals surface area (Å²) in [5.74, 6) is -5.06. The van der Waals surface area contributed by atoms with Gasteiger partial charge < -0.3 is 30.5 Å². The van der Waals surface area contributed by atoms with E-state index in [-0.39, 0.29) is 49.7 Å². The fourth-order valence-electron chi connectivity index (χ4n) is 9.32. The molecule has 66 heavy (non-hydrogen) atoms. The molecule has 16 nitrogen and oxygen atoms in total. The van der Waals surface area contributed by atoms with Gasteiger partial charge >= 0.3 is 12.2 Å². The van der Waals surface area contributed by atoms with Crippen molar-refractivity contribution in [1.29, 1.82) is 0 Å². The van der Waals surface area contributed by atoms with Gasteiger partial charge in [-0.25, -0.2) is 14.6 Å². The van der Waals surface area contributed by atoms with Crippen molar-refractivity contribution in [3.8, 4) is 5.69 Å². The van der Waals surface area contributed by atoms with E-state index in [4.69, 9.17) is 14.5 Å². The third-order valence-electron chi connectivity index (χ3n) is 12.1. The van der Waals surface area contributed by atoms with Gasteiger partial charge in [-0.1, -0.05) is 86.6 Å². The third kappa shape index (κ3) is 8.84. The van der Waals surface area contributed by atoms with Gasteiger partial charge in [0, 0.05) is 6.54 Å². The zero-order valence-corrected chi connectivity index (χ0v) is 37.7. The standard InChI is InChI=1S/C50H55N7O9/c1-30(2)27-41-46(61)56-40-25-14-10-19-32(40)35(28-38-42-52-36-22-12-9-20-33(36)44(59)55(42)39-24-13-11-21-34(39)43(58)53-38)50(56,64)57(41)45(60)37(54-48(63)66-49(3,4)5)23-15-16-26-51-47(62)65-29-31-17-7-6-8-18-31/h6-14,17-22,24-25,30,35,37-38,41,64H,15-16,23,26-29H2,1-5H3,(H,51,62)(H,53,58)(H,54,63)/t35-,37?,38?,41?,50?/m1/s1. The van der Waals surface area contributed by atoms with E-state index in [1.807, 2.05) is 44.2 Å². The minimum absolute atomic E-state index is 0.0514. The van der Waals surface area contributed by atoms with E-state index < -0.39 is 71.0 Å². The van der Waals surface area contributed by atoms with Crippen molar-refractivity contribution in [2.24, 2.45) is 5.92 Å². The van der Waals surface area contributed by atoms with Gasteiger partial charge in [-0.15, -0.1) is 0 Å². The van der Waals surface area contributed by atoms with Crippen LogP contribution in [0.2, 0.25) is 0 Å². The Kier molecular flexibility index (Phi) is 12.7. The van der Waals surface area contributed by atoms with Crippen molar-refractivity contribution in [2.75, 3.05) is 11.4 Å². The number of aromatic nitrogens is 2. The summed E-state index contributed by atoms with van der Waals surface area (Å²) in [7, 11) is 0. The minimum atomic E-state index is -2.36. The van der Waals surface area contributed by atoms with Crippen molar-refractivity contribution in [3.05, 3.63) is 136 Å². The Morgan fingerprint density at radius 1 is 0.864 bits per heavy atom. The highest BCUT2D eigenvalue weighted by atomic mass is 16.6. The van der Waals surface area contributed by atoms with E-state index in [0.717, 1.165) is 5.56 Å². The van der Waals surface area contributed by atoms with Gasteiger partial charge in [0.15, 0.2) is 0 Å². The second-order valence-electron chi connectivity index (χ2n) is 18.4. The molecule has 4 unspecified atom stereocenters. The summed E-state index contributed by atoms with van der Waals surface area (Å²) in [5.41, 5.74) is 1.42. The molecule has 8 rings (SSSR count). The molecule has 0 aliphatic carbocycles. The van der Waals surface area contributed by atoms with Gasteiger partial charge in [-0.3, -0.25) is 33.5 Å². The van der Waals surface area contributed by atoms with E-state index in [2.05, 4.69) is 16.0 Å². The lowest BCUT2D eigenvalue weighted by Gasteiger charge is -2.42. The molecule has 3 aliphatic heterocycles. The first-order chi connectivity index (χ1) is 31.6. The Labute approximate surface area is 382 Å². The molecule has 0 spiro atoms. The molecule has 5 aromatic rings. The highest BCUT2D eigenvalue weighted by molar-refractivity contribution is 6.07. The molecule has 1 saturated heterocycles. The number of benzene rings is 4. The zero-order chi connectivity index (χ0) is 46.9. The van der Waals surface area contributed by atoms with Crippen LogP contribution in [0.1, 0.15) is 106 Å². The first-order valence-corrected chi connectivity index (χ1v) is 22.4. The predicted molar refractivity (Wildman–Crippen MR) is 246 cm³/mol. The first kappa shape index (κ1) is 45.5. The van der Waals surface area contributed by atoms with Gasteiger partial charge in [0.05, 0.1) is 39.8 Å². The summed E-state index contributed by atoms with van der Waals surface area (Å²) in [6.07, 6.45) is -0.647. The fraction of sp³-hybridized carbons (Fsp3) is 0.380. The molecule has 5 amide bonds. The molecule has 1 fully saturated rings. The average molecular weight is 898 g/mol. The van der Waals surface area contributed by atoms with Crippen LogP contribution in [0.15, 0.2) is 108 Å². The fourth-order valence-corrected chi connectivity index (χ4v) is 9.32. The number of alkyl carbamates (subject to hydrolysis) is 2. The summed E-state index contributed by atoms with van der Waals surface area (Å²) < 4.78 is 12.4. The molecule has 344 valence electrons. The van der Waals surface area contributed by atoms with E-state index in [0.29, 0.717) is 40.7 Å². The van der Waals surface area contributed by atoms with Crippen LogP contribution in [-0.2, 0) is 25.7 Å². The molecule has 4 aromatic carbocycles. The molecule has 5 atom stereocenters. The summed E-state index contributed by atoms with van der Waals surface area (Å²) >= 11 is 0. The molecule has 3 aliphatic rings. The minimum Gasteiger partial charge on any atom is -0.445 e. The maximum absolute atomic E-state index is 15.5. The van der Waals surface area contributed by atoms with Gasteiger partial charge in [0.1, 0.15) is 30.1 Å². The Bertz CT molecular complexity index is 2730. The van der Waals surface area contributed by atoms with Crippen LogP contribution in [0.3, 0.4) is 0 Å². The molecule has 0 saturated carbocycles. The number of aliphatic hydroxyl groups is 1. The molecule has 0 radical (unpaired) electrons.